The molecule has 0 radical (unpaired) electrons. The van der Waals surface area contributed by atoms with Gasteiger partial charge in [-0.2, -0.15) is 0 Å². The normalized spacial score (nSPS) is 15.6. The first kappa shape index (κ1) is 20.7. The van der Waals surface area contributed by atoms with Crippen LogP contribution >= 0.6 is 23.2 Å². The van der Waals surface area contributed by atoms with Gasteiger partial charge in [-0.1, -0.05) is 65.7 Å². The van der Waals surface area contributed by atoms with E-state index < -0.39 is 0 Å². The van der Waals surface area contributed by atoms with Crippen LogP contribution in [0.25, 0.3) is 0 Å². The first-order valence-electron chi connectivity index (χ1n) is 9.96. The van der Waals surface area contributed by atoms with E-state index in [0.29, 0.717) is 18.1 Å². The van der Waals surface area contributed by atoms with Crippen molar-refractivity contribution in [3.63, 3.8) is 0 Å². The Morgan fingerprint density at radius 3 is 1.87 bits per heavy atom. The summed E-state index contributed by atoms with van der Waals surface area (Å²) in [5, 5.41) is 4.33. The van der Waals surface area contributed by atoms with Crippen molar-refractivity contribution in [1.82, 2.24) is 9.80 Å². The highest BCUT2D eigenvalue weighted by molar-refractivity contribution is 6.30. The fraction of sp³-hybridized carbons (Fsp3) is 0.208. The standard InChI is InChI=1S/C24H23Cl2N3O/c25-20-8-6-19(7-9-20)23(18-4-2-1-3-5-18)28-14-16-29(17-15-28)24(30)27-22-12-10-21(26)11-13-22/h1-13,23H,14-17H2,(H,27,30)/t23-/m1/s1. The average molecular weight is 440 g/mol. The second-order valence-electron chi connectivity index (χ2n) is 7.32. The van der Waals surface area contributed by atoms with E-state index in [-0.39, 0.29) is 12.1 Å². The third-order valence-electron chi connectivity index (χ3n) is 5.36. The Hall–Kier alpha value is -2.53. The van der Waals surface area contributed by atoms with Gasteiger partial charge in [0.1, 0.15) is 0 Å². The molecule has 1 fully saturated rings. The van der Waals surface area contributed by atoms with Gasteiger partial charge in [0.15, 0.2) is 0 Å². The van der Waals surface area contributed by atoms with Crippen LogP contribution in [0.2, 0.25) is 10.0 Å². The minimum atomic E-state index is -0.0836. The second kappa shape index (κ2) is 9.52. The van der Waals surface area contributed by atoms with Crippen molar-refractivity contribution in [3.8, 4) is 0 Å². The number of carbonyl (C=O) groups excluding carboxylic acids is 1. The number of amides is 2. The highest BCUT2D eigenvalue weighted by Crippen LogP contribution is 2.30. The molecule has 0 aliphatic carbocycles. The zero-order valence-electron chi connectivity index (χ0n) is 16.5. The second-order valence-corrected chi connectivity index (χ2v) is 8.20. The van der Waals surface area contributed by atoms with Crippen LogP contribution in [0, 0.1) is 0 Å². The lowest BCUT2D eigenvalue weighted by atomic mass is 9.96. The van der Waals surface area contributed by atoms with Gasteiger partial charge in [-0.25, -0.2) is 4.79 Å². The molecule has 0 spiro atoms. The lowest BCUT2D eigenvalue weighted by molar-refractivity contribution is 0.126. The maximum Gasteiger partial charge on any atom is 0.321 e. The largest absolute Gasteiger partial charge is 0.322 e. The van der Waals surface area contributed by atoms with Gasteiger partial charge < -0.3 is 10.2 Å². The number of anilines is 1. The molecule has 2 amide bonds. The van der Waals surface area contributed by atoms with Crippen LogP contribution in [0.5, 0.6) is 0 Å². The Kier molecular flexibility index (Phi) is 6.58. The number of nitrogens with zero attached hydrogens (tertiary/aromatic N) is 2. The van der Waals surface area contributed by atoms with Crippen molar-refractivity contribution in [1.29, 1.82) is 0 Å². The Morgan fingerprint density at radius 2 is 1.27 bits per heavy atom. The molecule has 1 N–H and O–H groups in total. The molecule has 3 aromatic carbocycles. The maximum absolute atomic E-state index is 12.7. The number of carbonyl (C=O) groups is 1. The van der Waals surface area contributed by atoms with Crippen LogP contribution in [0.1, 0.15) is 17.2 Å². The molecule has 6 heteroatoms. The van der Waals surface area contributed by atoms with Gasteiger partial charge in [0.25, 0.3) is 0 Å². The molecule has 1 heterocycles. The van der Waals surface area contributed by atoms with E-state index >= 15 is 0 Å². The van der Waals surface area contributed by atoms with Crippen LogP contribution in [-0.4, -0.2) is 42.0 Å². The molecule has 4 rings (SSSR count). The third-order valence-corrected chi connectivity index (χ3v) is 5.87. The van der Waals surface area contributed by atoms with Crippen molar-refractivity contribution in [2.75, 3.05) is 31.5 Å². The van der Waals surface area contributed by atoms with E-state index in [4.69, 9.17) is 23.2 Å². The molecule has 1 atom stereocenters. The molecule has 1 aliphatic heterocycles. The number of halogens is 2. The Labute approximate surface area is 187 Å². The predicted molar refractivity (Wildman–Crippen MR) is 123 cm³/mol. The maximum atomic E-state index is 12.7. The quantitative estimate of drug-likeness (QED) is 0.546. The van der Waals surface area contributed by atoms with E-state index in [0.717, 1.165) is 23.8 Å². The predicted octanol–water partition coefficient (Wildman–Crippen LogP) is 5.93. The Bertz CT molecular complexity index is 970. The zero-order chi connectivity index (χ0) is 20.9. The summed E-state index contributed by atoms with van der Waals surface area (Å²) in [6, 6.07) is 25.7. The van der Waals surface area contributed by atoms with E-state index in [1.54, 1.807) is 12.1 Å². The lowest BCUT2D eigenvalue weighted by Gasteiger charge is -2.39. The summed E-state index contributed by atoms with van der Waals surface area (Å²) in [6.45, 7) is 2.90. The monoisotopic (exact) mass is 439 g/mol. The molecular weight excluding hydrogens is 417 g/mol. The number of hydrogen-bond acceptors (Lipinski definition) is 2. The first-order chi connectivity index (χ1) is 14.6. The summed E-state index contributed by atoms with van der Waals surface area (Å²) < 4.78 is 0. The number of urea groups is 1. The lowest BCUT2D eigenvalue weighted by Crippen LogP contribution is -2.51. The highest BCUT2D eigenvalue weighted by atomic mass is 35.5. The van der Waals surface area contributed by atoms with Crippen LogP contribution in [0.3, 0.4) is 0 Å². The van der Waals surface area contributed by atoms with Crippen molar-refractivity contribution in [2.24, 2.45) is 0 Å². The fourth-order valence-electron chi connectivity index (χ4n) is 3.81. The van der Waals surface area contributed by atoms with E-state index in [1.807, 2.05) is 35.2 Å². The van der Waals surface area contributed by atoms with Crippen molar-refractivity contribution >= 4 is 34.9 Å². The van der Waals surface area contributed by atoms with Crippen LogP contribution < -0.4 is 5.32 Å². The van der Waals surface area contributed by atoms with Crippen LogP contribution in [-0.2, 0) is 0 Å². The zero-order valence-corrected chi connectivity index (χ0v) is 18.0. The molecule has 0 saturated carbocycles. The smallest absolute Gasteiger partial charge is 0.321 e. The molecule has 4 nitrogen and oxygen atoms in total. The van der Waals surface area contributed by atoms with Gasteiger partial charge in [-0.15, -0.1) is 0 Å². The van der Waals surface area contributed by atoms with Gasteiger partial charge in [-0.3, -0.25) is 4.90 Å². The minimum Gasteiger partial charge on any atom is -0.322 e. The number of hydrogen-bond donors (Lipinski definition) is 1. The minimum absolute atomic E-state index is 0.0836. The summed E-state index contributed by atoms with van der Waals surface area (Å²) >= 11 is 12.0. The molecular formula is C24H23Cl2N3O. The molecule has 1 saturated heterocycles. The fourth-order valence-corrected chi connectivity index (χ4v) is 4.07. The van der Waals surface area contributed by atoms with Crippen molar-refractivity contribution in [3.05, 3.63) is 100 Å². The van der Waals surface area contributed by atoms with E-state index in [2.05, 4.69) is 46.6 Å². The Balaban J connectivity index is 1.45. The SMILES string of the molecule is O=C(Nc1ccc(Cl)cc1)N1CCN([C@H](c2ccccc2)c2ccc(Cl)cc2)CC1. The molecule has 3 aromatic rings. The summed E-state index contributed by atoms with van der Waals surface area (Å²) in [7, 11) is 0. The number of rotatable bonds is 4. The molecule has 1 aliphatic rings. The van der Waals surface area contributed by atoms with Gasteiger partial charge in [0.05, 0.1) is 6.04 Å². The average Bonchev–Trinajstić information content (AvgIpc) is 2.78. The van der Waals surface area contributed by atoms with Crippen LogP contribution in [0.4, 0.5) is 10.5 Å². The van der Waals surface area contributed by atoms with Gasteiger partial charge in [0, 0.05) is 41.9 Å². The topological polar surface area (TPSA) is 35.6 Å². The molecule has 0 bridgehead atoms. The summed E-state index contributed by atoms with van der Waals surface area (Å²) in [4.78, 5) is 16.9. The summed E-state index contributed by atoms with van der Waals surface area (Å²) in [5.41, 5.74) is 3.18. The molecule has 0 aromatic heterocycles. The van der Waals surface area contributed by atoms with Gasteiger partial charge >= 0.3 is 6.03 Å². The van der Waals surface area contributed by atoms with Gasteiger partial charge in [0.2, 0.25) is 0 Å². The third kappa shape index (κ3) is 4.96. The van der Waals surface area contributed by atoms with E-state index in [9.17, 15) is 4.79 Å². The van der Waals surface area contributed by atoms with Crippen LogP contribution in [0.15, 0.2) is 78.9 Å². The summed E-state index contributed by atoms with van der Waals surface area (Å²) in [5.74, 6) is 0. The highest BCUT2D eigenvalue weighted by Gasteiger charge is 2.28. The number of benzene rings is 3. The summed E-state index contributed by atoms with van der Waals surface area (Å²) in [6.07, 6.45) is 0. The van der Waals surface area contributed by atoms with Crippen molar-refractivity contribution < 1.29 is 4.79 Å². The number of nitrogens with one attached hydrogen (secondary N) is 1. The van der Waals surface area contributed by atoms with E-state index in [1.165, 1.54) is 11.1 Å². The first-order valence-corrected chi connectivity index (χ1v) is 10.7. The van der Waals surface area contributed by atoms with Gasteiger partial charge in [-0.05, 0) is 47.5 Å². The molecule has 0 unspecified atom stereocenters. The van der Waals surface area contributed by atoms with Crippen molar-refractivity contribution in [2.45, 2.75) is 6.04 Å². The Morgan fingerprint density at radius 1 is 0.733 bits per heavy atom. The molecule has 154 valence electrons. The number of piperazine rings is 1. The molecule has 30 heavy (non-hydrogen) atoms.